The van der Waals surface area contributed by atoms with Gasteiger partial charge in [0.15, 0.2) is 0 Å². The van der Waals surface area contributed by atoms with E-state index in [-0.39, 0.29) is 72.8 Å². The van der Waals surface area contributed by atoms with Gasteiger partial charge in [-0.05, 0) is 0 Å². The van der Waals surface area contributed by atoms with Crippen molar-refractivity contribution in [2.24, 2.45) is 0 Å². The summed E-state index contributed by atoms with van der Waals surface area (Å²) in [5, 5.41) is 53.3. The molecule has 29 heavy (non-hydrogen) atoms. The van der Waals surface area contributed by atoms with E-state index in [1.54, 1.807) is 0 Å². The third kappa shape index (κ3) is 19.8. The fraction of sp³-hybridized carbons (Fsp3) is 0.643. The van der Waals surface area contributed by atoms with Gasteiger partial charge >= 0.3 is 46.6 Å². The zero-order valence-corrected chi connectivity index (χ0v) is 18.7. The number of carboxylic acid groups (broad SMARTS) is 5. The van der Waals surface area contributed by atoms with E-state index in [1.165, 1.54) is 4.90 Å². The van der Waals surface area contributed by atoms with Crippen LogP contribution in [-0.4, -0.2) is 103 Å². The summed E-state index contributed by atoms with van der Waals surface area (Å²) in [6.45, 7) is -4.16. The Morgan fingerprint density at radius 2 is 0.621 bits per heavy atom. The van der Waals surface area contributed by atoms with Gasteiger partial charge in [-0.3, -0.25) is 14.7 Å². The van der Waals surface area contributed by atoms with Crippen molar-refractivity contribution < 1.29 is 96.1 Å². The van der Waals surface area contributed by atoms with E-state index in [0.29, 0.717) is 0 Å². The average molecular weight is 467 g/mol. The zero-order chi connectivity index (χ0) is 21.0. The molecule has 15 heteroatoms. The molecule has 0 N–H and O–H groups in total. The molecule has 0 aromatic carbocycles. The van der Waals surface area contributed by atoms with Gasteiger partial charge in [-0.25, -0.2) is 0 Å². The van der Waals surface area contributed by atoms with Crippen molar-refractivity contribution in [1.29, 1.82) is 0 Å². The predicted octanol–water partition coefficient (Wildman–Crippen LogP) is -12.4. The van der Waals surface area contributed by atoms with Gasteiger partial charge in [-0.1, -0.05) is 0 Å². The molecule has 0 bridgehead atoms. The normalized spacial score (nSPS) is 10.3. The van der Waals surface area contributed by atoms with Crippen LogP contribution in [-0.2, 0) is 41.0 Å². The van der Waals surface area contributed by atoms with Crippen molar-refractivity contribution in [3.8, 4) is 0 Å². The summed E-state index contributed by atoms with van der Waals surface area (Å²) >= 11 is 0. The van der Waals surface area contributed by atoms with Gasteiger partial charge in [0.1, 0.15) is 0 Å². The monoisotopic (exact) mass is 467 g/mol. The van der Waals surface area contributed by atoms with Gasteiger partial charge in [0.05, 0.1) is 29.8 Å². The second kappa shape index (κ2) is 17.6. The van der Waals surface area contributed by atoms with Crippen molar-refractivity contribution >= 4 is 29.8 Å². The zero-order valence-electron chi connectivity index (χ0n) is 15.6. The SMILES string of the molecule is O=C([O-])CN(CCN(CC(=O)[O-])CC(=O)[O-])CCN(CC(=O)[O-])CC(=O)[O-].[Fe+3].[Na+]. The molecule has 0 aliphatic rings. The van der Waals surface area contributed by atoms with Crippen molar-refractivity contribution in [3.63, 3.8) is 0 Å². The molecule has 0 aromatic rings. The molecule has 0 saturated heterocycles. The average Bonchev–Trinajstić information content (AvgIpc) is 2.46. The Kier molecular flexibility index (Phi) is 19.7. The maximum absolute atomic E-state index is 10.8. The molecule has 159 valence electrons. The molecular weight excluding hydrogens is 449 g/mol. The number of hydrogen-bond donors (Lipinski definition) is 0. The van der Waals surface area contributed by atoms with Crippen LogP contribution in [0.3, 0.4) is 0 Å². The van der Waals surface area contributed by atoms with E-state index in [0.717, 1.165) is 9.80 Å². The second-order valence-corrected chi connectivity index (χ2v) is 5.56. The molecule has 0 spiro atoms. The summed E-state index contributed by atoms with van der Waals surface area (Å²) in [4.78, 5) is 56.4. The minimum atomic E-state index is -1.54. The number of rotatable bonds is 16. The topological polar surface area (TPSA) is 210 Å². The number of carbonyl (C=O) groups excluding carboxylic acids is 5. The molecule has 0 aromatic heterocycles. The fourth-order valence-corrected chi connectivity index (χ4v) is 2.18. The Hall–Kier alpha value is -1.25. The van der Waals surface area contributed by atoms with E-state index >= 15 is 0 Å². The van der Waals surface area contributed by atoms with Crippen molar-refractivity contribution in [2.45, 2.75) is 0 Å². The first-order chi connectivity index (χ1) is 12.5. The first-order valence-electron chi connectivity index (χ1n) is 7.66. The Bertz CT molecular complexity index is 494. The van der Waals surface area contributed by atoms with Gasteiger partial charge in [-0.2, -0.15) is 0 Å². The summed E-state index contributed by atoms with van der Waals surface area (Å²) in [6.07, 6.45) is 0. The number of aliphatic carboxylic acids is 5. The van der Waals surface area contributed by atoms with Crippen molar-refractivity contribution in [3.05, 3.63) is 0 Å². The minimum absolute atomic E-state index is 0. The quantitative estimate of drug-likeness (QED) is 0.193. The number of carbonyl (C=O) groups is 5. The number of hydrogen-bond acceptors (Lipinski definition) is 13. The maximum Gasteiger partial charge on any atom is 3.00 e. The van der Waals surface area contributed by atoms with E-state index in [2.05, 4.69) is 0 Å². The van der Waals surface area contributed by atoms with Crippen LogP contribution in [0.5, 0.6) is 0 Å². The van der Waals surface area contributed by atoms with Crippen LogP contribution in [0, 0.1) is 0 Å². The standard InChI is InChI=1S/C14H23N3O10.Fe.Na/c18-10(19)5-15(1-3-16(6-11(20)21)7-12(22)23)2-4-17(8-13(24)25)9-14(26)27;;/h1-9H2,(H,18,19)(H,20,21)(H,22,23)(H,24,25)(H,26,27);;/q;+3;+1/p-5. The molecule has 0 saturated carbocycles. The molecule has 1 radical (unpaired) electrons. The van der Waals surface area contributed by atoms with E-state index in [4.69, 9.17) is 0 Å². The van der Waals surface area contributed by atoms with Crippen LogP contribution in [0.15, 0.2) is 0 Å². The van der Waals surface area contributed by atoms with Gasteiger partial charge in [-0.15, -0.1) is 0 Å². The summed E-state index contributed by atoms with van der Waals surface area (Å²) in [5.41, 5.74) is 0. The molecular formula is C14H18FeN3NaO10-. The van der Waals surface area contributed by atoms with Gasteiger partial charge < -0.3 is 49.5 Å². The van der Waals surface area contributed by atoms with E-state index in [1.807, 2.05) is 0 Å². The van der Waals surface area contributed by atoms with Crippen LogP contribution in [0.4, 0.5) is 0 Å². The third-order valence-electron chi connectivity index (χ3n) is 3.23. The Labute approximate surface area is 199 Å². The molecule has 13 nitrogen and oxygen atoms in total. The molecule has 0 atom stereocenters. The summed E-state index contributed by atoms with van der Waals surface area (Å²) in [5.74, 6) is -7.67. The maximum atomic E-state index is 10.8. The van der Waals surface area contributed by atoms with Crippen molar-refractivity contribution in [2.75, 3.05) is 58.9 Å². The molecule has 0 fully saturated rings. The Morgan fingerprint density at radius 3 is 0.828 bits per heavy atom. The van der Waals surface area contributed by atoms with Crippen LogP contribution in [0.2, 0.25) is 0 Å². The Balaban J connectivity index is -0.00000338. The first-order valence-corrected chi connectivity index (χ1v) is 7.66. The molecule has 0 amide bonds. The third-order valence-corrected chi connectivity index (χ3v) is 3.23. The van der Waals surface area contributed by atoms with Gasteiger partial charge in [0, 0.05) is 58.9 Å². The predicted molar refractivity (Wildman–Crippen MR) is 74.4 cm³/mol. The summed E-state index contributed by atoms with van der Waals surface area (Å²) in [7, 11) is 0. The summed E-state index contributed by atoms with van der Waals surface area (Å²) in [6, 6.07) is 0. The van der Waals surface area contributed by atoms with Crippen LogP contribution in [0.1, 0.15) is 0 Å². The molecule has 0 rings (SSSR count). The largest absolute Gasteiger partial charge is 3.00 e. The summed E-state index contributed by atoms with van der Waals surface area (Å²) < 4.78 is 0. The van der Waals surface area contributed by atoms with Gasteiger partial charge in [0.2, 0.25) is 0 Å². The number of carboxylic acids is 5. The van der Waals surface area contributed by atoms with Crippen LogP contribution in [0.25, 0.3) is 0 Å². The minimum Gasteiger partial charge on any atom is -0.549 e. The van der Waals surface area contributed by atoms with Crippen LogP contribution < -0.4 is 55.1 Å². The second-order valence-electron chi connectivity index (χ2n) is 5.56. The van der Waals surface area contributed by atoms with E-state index in [9.17, 15) is 49.5 Å². The molecule has 0 unspecified atom stereocenters. The van der Waals surface area contributed by atoms with E-state index < -0.39 is 62.6 Å². The molecule has 0 aliphatic carbocycles. The number of nitrogens with zero attached hydrogens (tertiary/aromatic N) is 3. The Morgan fingerprint density at radius 1 is 0.448 bits per heavy atom. The molecule has 0 aliphatic heterocycles. The van der Waals surface area contributed by atoms with Crippen molar-refractivity contribution in [1.82, 2.24) is 14.7 Å². The fourth-order valence-electron chi connectivity index (χ4n) is 2.18. The van der Waals surface area contributed by atoms with Gasteiger partial charge in [0.25, 0.3) is 0 Å². The first kappa shape index (κ1) is 32.4. The smallest absolute Gasteiger partial charge is 0.549 e. The van der Waals surface area contributed by atoms with Crippen LogP contribution >= 0.6 is 0 Å². The molecule has 0 heterocycles.